The van der Waals surface area contributed by atoms with Crippen LogP contribution in [0.15, 0.2) is 59.9 Å². The number of esters is 1. The van der Waals surface area contributed by atoms with E-state index in [0.29, 0.717) is 43.2 Å². The monoisotopic (exact) mass is 605 g/mol. The molecule has 0 saturated carbocycles. The largest absolute Gasteiger partial charge is 0.469 e. The van der Waals surface area contributed by atoms with Crippen molar-refractivity contribution in [2.24, 2.45) is 5.16 Å². The highest BCUT2D eigenvalue weighted by molar-refractivity contribution is 7.80. The number of fused-ring (bicyclic) bond motifs is 1. The number of carbonyl (C=O) groups excluding carboxylic acids is 4. The van der Waals surface area contributed by atoms with E-state index >= 15 is 0 Å². The van der Waals surface area contributed by atoms with Gasteiger partial charge in [-0.05, 0) is 50.6 Å². The molecule has 1 aliphatic heterocycles. The van der Waals surface area contributed by atoms with Gasteiger partial charge in [0, 0.05) is 46.4 Å². The van der Waals surface area contributed by atoms with Gasteiger partial charge in [-0.3, -0.25) is 19.3 Å². The molecule has 4 rings (SSSR count). The number of methoxy groups -OCH3 is 1. The predicted octanol–water partition coefficient (Wildman–Crippen LogP) is 4.74. The molecule has 1 fully saturated rings. The number of hydrogen-bond acceptors (Lipinski definition) is 10. The Morgan fingerprint density at radius 3 is 2.30 bits per heavy atom. The lowest BCUT2D eigenvalue weighted by Gasteiger charge is -2.39. The van der Waals surface area contributed by atoms with Crippen molar-refractivity contribution in [1.29, 1.82) is 0 Å². The standard InChI is InChI=1S/C32H35N3O7S/c1-5-23(43)18-29(37)42-33-26(19-28(36)40-4)30(38)21-10-12-22(13-11-21)35-20-25(24-8-6-7-9-27(24)35)31(39)32(2,3)34-14-16-41-17-15-34/h6-13,20H,5,14-19H2,1-4H3/b33-26+. The third-order valence-corrected chi connectivity index (χ3v) is 7.95. The first-order chi connectivity index (χ1) is 20.6. The Morgan fingerprint density at radius 2 is 1.65 bits per heavy atom. The van der Waals surface area contributed by atoms with Gasteiger partial charge in [0.2, 0.25) is 5.78 Å². The molecular formula is C32H35N3O7S. The second-order valence-corrected chi connectivity index (χ2v) is 11.2. The second kappa shape index (κ2) is 13.9. The Balaban J connectivity index is 1.62. The van der Waals surface area contributed by atoms with Crippen molar-refractivity contribution in [3.8, 4) is 5.69 Å². The minimum atomic E-state index is -0.727. The van der Waals surface area contributed by atoms with Gasteiger partial charge in [-0.25, -0.2) is 4.79 Å². The molecule has 2 heterocycles. The van der Waals surface area contributed by atoms with Crippen molar-refractivity contribution in [3.63, 3.8) is 0 Å². The number of Topliss-reactive ketones (excluding diaryl/α,β-unsaturated/α-hetero) is 2. The number of para-hydroxylation sites is 1. The zero-order chi connectivity index (χ0) is 31.1. The lowest BCUT2D eigenvalue weighted by atomic mass is 9.90. The van der Waals surface area contributed by atoms with E-state index in [1.165, 1.54) is 7.11 Å². The molecule has 0 radical (unpaired) electrons. The number of hydrogen-bond donors (Lipinski definition) is 0. The third kappa shape index (κ3) is 7.30. The molecule has 0 spiro atoms. The summed E-state index contributed by atoms with van der Waals surface area (Å²) in [6, 6.07) is 14.3. The van der Waals surface area contributed by atoms with Crippen molar-refractivity contribution in [2.75, 3.05) is 33.4 Å². The molecule has 1 aromatic heterocycles. The number of carbonyl (C=O) groups is 4. The number of ketones is 2. The predicted molar refractivity (Wildman–Crippen MR) is 166 cm³/mol. The average molecular weight is 606 g/mol. The van der Waals surface area contributed by atoms with Crippen LogP contribution in [0, 0.1) is 0 Å². The van der Waals surface area contributed by atoms with Crippen LogP contribution < -0.4 is 0 Å². The summed E-state index contributed by atoms with van der Waals surface area (Å²) in [5.74, 6) is -2.02. The molecule has 0 atom stereocenters. The van der Waals surface area contributed by atoms with E-state index in [4.69, 9.17) is 21.8 Å². The van der Waals surface area contributed by atoms with Gasteiger partial charge in [0.1, 0.15) is 5.71 Å². The van der Waals surface area contributed by atoms with Crippen LogP contribution >= 0.6 is 12.2 Å². The molecule has 0 N–H and O–H groups in total. The summed E-state index contributed by atoms with van der Waals surface area (Å²) < 4.78 is 12.1. The molecule has 10 nitrogen and oxygen atoms in total. The second-order valence-electron chi connectivity index (χ2n) is 10.6. The van der Waals surface area contributed by atoms with Crippen molar-refractivity contribution >= 4 is 57.2 Å². The van der Waals surface area contributed by atoms with Gasteiger partial charge in [0.25, 0.3) is 0 Å². The van der Waals surface area contributed by atoms with E-state index in [9.17, 15) is 19.2 Å². The molecule has 3 aromatic rings. The summed E-state index contributed by atoms with van der Waals surface area (Å²) >= 11 is 5.06. The minimum Gasteiger partial charge on any atom is -0.469 e. The fraction of sp³-hybridized carbons (Fsp3) is 0.375. The number of rotatable bonds is 12. The summed E-state index contributed by atoms with van der Waals surface area (Å²) in [6.45, 7) is 8.23. The van der Waals surface area contributed by atoms with Crippen LogP contribution in [-0.2, 0) is 23.9 Å². The third-order valence-electron chi connectivity index (χ3n) is 7.52. The summed E-state index contributed by atoms with van der Waals surface area (Å²) in [5, 5.41) is 4.51. The highest BCUT2D eigenvalue weighted by atomic mass is 32.1. The van der Waals surface area contributed by atoms with E-state index in [0.717, 1.165) is 16.6 Å². The van der Waals surface area contributed by atoms with Gasteiger partial charge < -0.3 is 18.9 Å². The summed E-state index contributed by atoms with van der Waals surface area (Å²) in [4.78, 5) is 58.7. The van der Waals surface area contributed by atoms with Crippen molar-refractivity contribution in [2.45, 2.75) is 45.6 Å². The Morgan fingerprint density at radius 1 is 0.977 bits per heavy atom. The first kappa shape index (κ1) is 31.9. The minimum absolute atomic E-state index is 0.00839. The first-order valence-electron chi connectivity index (χ1n) is 14.0. The number of benzene rings is 2. The molecule has 11 heteroatoms. The van der Waals surface area contributed by atoms with Crippen molar-refractivity contribution < 1.29 is 33.5 Å². The lowest BCUT2D eigenvalue weighted by Crippen LogP contribution is -2.54. The number of nitrogens with zero attached hydrogens (tertiary/aromatic N) is 3. The molecule has 0 unspecified atom stereocenters. The molecular weight excluding hydrogens is 570 g/mol. The van der Waals surface area contributed by atoms with Crippen LogP contribution in [-0.4, -0.2) is 82.5 Å². The van der Waals surface area contributed by atoms with E-state index in [-0.39, 0.29) is 23.5 Å². The van der Waals surface area contributed by atoms with Gasteiger partial charge in [-0.15, -0.1) is 0 Å². The molecule has 43 heavy (non-hydrogen) atoms. The Kier molecular flexibility index (Phi) is 10.3. The Hall–Kier alpha value is -4.06. The van der Waals surface area contributed by atoms with E-state index in [2.05, 4.69) is 14.8 Å². The molecule has 0 bridgehead atoms. The van der Waals surface area contributed by atoms with Crippen LogP contribution in [0.4, 0.5) is 0 Å². The van der Waals surface area contributed by atoms with E-state index in [1.807, 2.05) is 55.8 Å². The smallest absolute Gasteiger partial charge is 0.339 e. The van der Waals surface area contributed by atoms with Crippen LogP contribution in [0.5, 0.6) is 0 Å². The van der Waals surface area contributed by atoms with Gasteiger partial charge in [-0.1, -0.05) is 42.5 Å². The Bertz CT molecular complexity index is 1570. The van der Waals surface area contributed by atoms with Crippen LogP contribution in [0.3, 0.4) is 0 Å². The van der Waals surface area contributed by atoms with Crippen molar-refractivity contribution in [1.82, 2.24) is 9.47 Å². The highest BCUT2D eigenvalue weighted by Gasteiger charge is 2.37. The fourth-order valence-electron chi connectivity index (χ4n) is 4.90. The molecule has 1 saturated heterocycles. The first-order valence-corrected chi connectivity index (χ1v) is 14.5. The van der Waals surface area contributed by atoms with Gasteiger partial charge in [0.15, 0.2) is 5.78 Å². The fourth-order valence-corrected chi connectivity index (χ4v) is 5.01. The molecule has 2 aromatic carbocycles. The van der Waals surface area contributed by atoms with Crippen LogP contribution in [0.1, 0.15) is 60.7 Å². The number of thiocarbonyl (C=S) groups is 1. The van der Waals surface area contributed by atoms with Crippen molar-refractivity contribution in [3.05, 3.63) is 65.9 Å². The van der Waals surface area contributed by atoms with Gasteiger partial charge >= 0.3 is 11.9 Å². The average Bonchev–Trinajstić information content (AvgIpc) is 3.42. The summed E-state index contributed by atoms with van der Waals surface area (Å²) in [7, 11) is 1.19. The van der Waals surface area contributed by atoms with E-state index in [1.54, 1.807) is 24.3 Å². The number of ether oxygens (including phenoxy) is 2. The van der Waals surface area contributed by atoms with Crippen LogP contribution in [0.25, 0.3) is 16.6 Å². The zero-order valence-corrected chi connectivity index (χ0v) is 25.6. The van der Waals surface area contributed by atoms with Gasteiger partial charge in [-0.2, -0.15) is 0 Å². The maximum atomic E-state index is 13.9. The van der Waals surface area contributed by atoms with E-state index < -0.39 is 29.7 Å². The van der Waals surface area contributed by atoms with Gasteiger partial charge in [0.05, 0.1) is 44.2 Å². The Labute approximate surface area is 255 Å². The maximum Gasteiger partial charge on any atom is 0.339 e. The number of oxime groups is 1. The number of morpholine rings is 1. The normalized spacial score (nSPS) is 14.4. The molecule has 226 valence electrons. The molecule has 1 aliphatic rings. The quantitative estimate of drug-likeness (QED) is 0.0721. The summed E-state index contributed by atoms with van der Waals surface area (Å²) in [6.07, 6.45) is 1.75. The summed E-state index contributed by atoms with van der Waals surface area (Å²) in [5.41, 5.74) is 1.39. The zero-order valence-electron chi connectivity index (χ0n) is 24.8. The van der Waals surface area contributed by atoms with Crippen LogP contribution in [0.2, 0.25) is 0 Å². The number of aromatic nitrogens is 1. The maximum absolute atomic E-state index is 13.9. The highest BCUT2D eigenvalue weighted by Crippen LogP contribution is 2.30. The molecule has 0 aliphatic carbocycles. The molecule has 0 amide bonds. The topological polar surface area (TPSA) is 116 Å². The lowest BCUT2D eigenvalue weighted by molar-refractivity contribution is -0.143. The SMILES string of the molecule is CCC(=S)CC(=O)O/N=C(\CC(=O)OC)C(=O)c1ccc(-n2cc(C(=O)C(C)(C)N3CCOCC3)c3ccccc32)cc1.